The quantitative estimate of drug-likeness (QED) is 0.685. The first kappa shape index (κ1) is 17.2. The number of rotatable bonds is 7. The first-order valence-electron chi connectivity index (χ1n) is 8.16. The second-order valence-corrected chi connectivity index (χ2v) is 6.88. The zero-order valence-electron chi connectivity index (χ0n) is 14.1. The molecular weight excluding hydrogens is 332 g/mol. The van der Waals surface area contributed by atoms with Gasteiger partial charge in [-0.25, -0.2) is 0 Å². The van der Waals surface area contributed by atoms with Crippen molar-refractivity contribution in [3.05, 3.63) is 77.0 Å². The molecule has 25 heavy (non-hydrogen) atoms. The molecule has 0 aliphatic rings. The molecule has 2 N–H and O–H groups in total. The smallest absolute Gasteiger partial charge is 0.279 e. The van der Waals surface area contributed by atoms with Gasteiger partial charge >= 0.3 is 0 Å². The number of hydrogen-bond donors (Lipinski definition) is 2. The number of benzene rings is 2. The average Bonchev–Trinajstić information content (AvgIpc) is 3.10. The summed E-state index contributed by atoms with van der Waals surface area (Å²) < 4.78 is 5.88. The standard InChI is InChI=1S/C20H20N2O2S/c1-22(14-17-10-7-13-25-17)15-20(23)21-18-11-5-6-12-19(18)24-16-8-3-2-4-9-16/h2-13H,14-15H2,1H3,(H,21,23)/p+1. The summed E-state index contributed by atoms with van der Waals surface area (Å²) in [5.74, 6) is 1.35. The molecule has 1 unspecified atom stereocenters. The molecule has 128 valence electrons. The third kappa shape index (κ3) is 5.17. The number of anilines is 1. The number of carbonyl (C=O) groups excluding carboxylic acids is 1. The summed E-state index contributed by atoms with van der Waals surface area (Å²) in [6, 6.07) is 21.1. The van der Waals surface area contributed by atoms with Crippen LogP contribution in [-0.4, -0.2) is 19.5 Å². The number of nitrogens with one attached hydrogen (secondary N) is 2. The minimum atomic E-state index is -0.0295. The second kappa shape index (κ2) is 8.46. The molecule has 5 heteroatoms. The first-order valence-corrected chi connectivity index (χ1v) is 9.04. The molecule has 0 fully saturated rings. The van der Waals surface area contributed by atoms with Gasteiger partial charge in [-0.3, -0.25) is 4.79 Å². The van der Waals surface area contributed by atoms with Gasteiger partial charge in [0.2, 0.25) is 0 Å². The Kier molecular flexibility index (Phi) is 5.82. The highest BCUT2D eigenvalue weighted by molar-refractivity contribution is 7.09. The van der Waals surface area contributed by atoms with E-state index in [1.54, 1.807) is 11.3 Å². The summed E-state index contributed by atoms with van der Waals surface area (Å²) in [5, 5.41) is 5.02. The predicted molar refractivity (Wildman–Crippen MR) is 101 cm³/mol. The third-order valence-corrected chi connectivity index (χ3v) is 4.53. The van der Waals surface area contributed by atoms with Gasteiger partial charge in [-0.15, -0.1) is 11.3 Å². The number of ether oxygens (including phenoxy) is 1. The van der Waals surface area contributed by atoms with Crippen LogP contribution in [-0.2, 0) is 11.3 Å². The maximum atomic E-state index is 12.4. The van der Waals surface area contributed by atoms with Gasteiger partial charge in [0.15, 0.2) is 12.3 Å². The molecule has 0 radical (unpaired) electrons. The Hall–Kier alpha value is -2.63. The van der Waals surface area contributed by atoms with Crippen molar-refractivity contribution in [2.24, 2.45) is 0 Å². The van der Waals surface area contributed by atoms with Gasteiger partial charge in [-0.05, 0) is 35.7 Å². The number of likely N-dealkylation sites (N-methyl/N-ethyl adjacent to an activating group) is 1. The molecule has 4 nitrogen and oxygen atoms in total. The molecule has 1 atom stereocenters. The lowest BCUT2D eigenvalue weighted by Crippen LogP contribution is -3.08. The molecular formula is C20H21N2O2S+. The molecule has 0 bridgehead atoms. The van der Waals surface area contributed by atoms with Gasteiger partial charge in [0.05, 0.1) is 17.6 Å². The van der Waals surface area contributed by atoms with Gasteiger partial charge in [0, 0.05) is 0 Å². The van der Waals surface area contributed by atoms with E-state index in [4.69, 9.17) is 4.74 Å². The molecule has 2 aromatic carbocycles. The Bertz CT molecular complexity index is 804. The van der Waals surface area contributed by atoms with Crippen LogP contribution in [0.2, 0.25) is 0 Å². The van der Waals surface area contributed by atoms with Crippen molar-refractivity contribution >= 4 is 22.9 Å². The fourth-order valence-electron chi connectivity index (χ4n) is 2.52. The van der Waals surface area contributed by atoms with Gasteiger partial charge in [-0.1, -0.05) is 36.4 Å². The molecule has 1 amide bonds. The number of thiophene rings is 1. The highest BCUT2D eigenvalue weighted by Crippen LogP contribution is 2.28. The molecule has 1 aromatic heterocycles. The monoisotopic (exact) mass is 353 g/mol. The van der Waals surface area contributed by atoms with E-state index in [0.29, 0.717) is 18.0 Å². The highest BCUT2D eigenvalue weighted by atomic mass is 32.1. The van der Waals surface area contributed by atoms with E-state index in [9.17, 15) is 4.79 Å². The van der Waals surface area contributed by atoms with Gasteiger partial charge in [-0.2, -0.15) is 0 Å². The van der Waals surface area contributed by atoms with Crippen LogP contribution in [0.3, 0.4) is 0 Å². The molecule has 1 heterocycles. The van der Waals surface area contributed by atoms with Crippen molar-refractivity contribution in [1.29, 1.82) is 0 Å². The summed E-state index contributed by atoms with van der Waals surface area (Å²) in [6.07, 6.45) is 0. The lowest BCUT2D eigenvalue weighted by molar-refractivity contribution is -0.884. The zero-order chi connectivity index (χ0) is 17.5. The summed E-state index contributed by atoms with van der Waals surface area (Å²) >= 11 is 1.71. The summed E-state index contributed by atoms with van der Waals surface area (Å²) in [6.45, 7) is 1.24. The minimum Gasteiger partial charge on any atom is -0.455 e. The van der Waals surface area contributed by atoms with Crippen LogP contribution in [0, 0.1) is 0 Å². The molecule has 0 aliphatic carbocycles. The van der Waals surface area contributed by atoms with Gasteiger partial charge < -0.3 is 15.0 Å². The summed E-state index contributed by atoms with van der Waals surface area (Å²) in [5.41, 5.74) is 0.681. The van der Waals surface area contributed by atoms with Crippen molar-refractivity contribution in [2.45, 2.75) is 6.54 Å². The van der Waals surface area contributed by atoms with Crippen LogP contribution < -0.4 is 15.0 Å². The van der Waals surface area contributed by atoms with Crippen molar-refractivity contribution in [1.82, 2.24) is 0 Å². The van der Waals surface area contributed by atoms with E-state index in [1.165, 1.54) is 4.88 Å². The zero-order valence-corrected chi connectivity index (χ0v) is 14.9. The first-order chi connectivity index (χ1) is 12.2. The Morgan fingerprint density at radius 1 is 1.04 bits per heavy atom. The molecule has 0 spiro atoms. The Balaban J connectivity index is 1.61. The lowest BCUT2D eigenvalue weighted by Gasteiger charge is -2.15. The minimum absolute atomic E-state index is 0.0295. The number of amides is 1. The Labute approximate surface area is 151 Å². The Morgan fingerprint density at radius 3 is 2.56 bits per heavy atom. The molecule has 0 aliphatic heterocycles. The van der Waals surface area contributed by atoms with E-state index < -0.39 is 0 Å². The van der Waals surface area contributed by atoms with Crippen molar-refractivity contribution in [2.75, 3.05) is 18.9 Å². The van der Waals surface area contributed by atoms with Crippen LogP contribution in [0.1, 0.15) is 4.88 Å². The van der Waals surface area contributed by atoms with Crippen molar-refractivity contribution in [3.8, 4) is 11.5 Å². The fraction of sp³-hybridized carbons (Fsp3) is 0.150. The van der Waals surface area contributed by atoms with Crippen molar-refractivity contribution in [3.63, 3.8) is 0 Å². The van der Waals surface area contributed by atoms with Gasteiger partial charge in [0.1, 0.15) is 12.3 Å². The molecule has 0 saturated heterocycles. The van der Waals surface area contributed by atoms with Crippen LogP contribution in [0.4, 0.5) is 5.69 Å². The maximum absolute atomic E-state index is 12.4. The van der Waals surface area contributed by atoms with Crippen LogP contribution in [0.15, 0.2) is 72.1 Å². The fourth-order valence-corrected chi connectivity index (χ4v) is 3.33. The highest BCUT2D eigenvalue weighted by Gasteiger charge is 2.13. The van der Waals surface area contributed by atoms with Crippen LogP contribution in [0.5, 0.6) is 11.5 Å². The number of carbonyl (C=O) groups is 1. The average molecular weight is 353 g/mol. The number of quaternary nitrogens is 1. The van der Waals surface area contributed by atoms with E-state index in [2.05, 4.69) is 16.8 Å². The number of para-hydroxylation sites is 3. The molecule has 0 saturated carbocycles. The molecule has 3 rings (SSSR count). The van der Waals surface area contributed by atoms with E-state index >= 15 is 0 Å². The largest absolute Gasteiger partial charge is 0.455 e. The topological polar surface area (TPSA) is 42.8 Å². The Morgan fingerprint density at radius 2 is 1.80 bits per heavy atom. The normalized spacial score (nSPS) is 11.7. The number of hydrogen-bond acceptors (Lipinski definition) is 3. The van der Waals surface area contributed by atoms with Crippen LogP contribution in [0.25, 0.3) is 0 Å². The van der Waals surface area contributed by atoms with E-state index in [0.717, 1.165) is 17.2 Å². The lowest BCUT2D eigenvalue weighted by atomic mass is 10.2. The third-order valence-electron chi connectivity index (χ3n) is 3.65. The van der Waals surface area contributed by atoms with Crippen LogP contribution >= 0.6 is 11.3 Å². The molecule has 3 aromatic rings. The van der Waals surface area contributed by atoms with E-state index in [1.807, 2.05) is 67.7 Å². The maximum Gasteiger partial charge on any atom is 0.279 e. The predicted octanol–water partition coefficient (Wildman–Crippen LogP) is 3.19. The van der Waals surface area contributed by atoms with Gasteiger partial charge in [0.25, 0.3) is 5.91 Å². The van der Waals surface area contributed by atoms with Crippen molar-refractivity contribution < 1.29 is 14.4 Å². The summed E-state index contributed by atoms with van der Waals surface area (Å²) in [4.78, 5) is 14.8. The second-order valence-electron chi connectivity index (χ2n) is 5.85. The summed E-state index contributed by atoms with van der Waals surface area (Å²) in [7, 11) is 2.02. The van der Waals surface area contributed by atoms with E-state index in [-0.39, 0.29) is 5.91 Å². The SMILES string of the molecule is C[NH+](CC(=O)Nc1ccccc1Oc1ccccc1)Cc1cccs1.